The summed E-state index contributed by atoms with van der Waals surface area (Å²) in [5.41, 5.74) is 4.01. The molecule has 1 fully saturated rings. The Labute approximate surface area is 244 Å². The Kier molecular flexibility index (Phi) is 6.58. The number of carbonyl (C=O) groups excluding carboxylic acids is 2. The highest BCUT2D eigenvalue weighted by Crippen LogP contribution is 2.32. The number of rotatable bonds is 6. The van der Waals surface area contributed by atoms with Crippen molar-refractivity contribution in [2.24, 2.45) is 7.05 Å². The minimum Gasteiger partial charge on any atom is -0.441 e. The summed E-state index contributed by atoms with van der Waals surface area (Å²) in [7, 11) is 1.74. The fourth-order valence-electron chi connectivity index (χ4n) is 5.36. The molecule has 4 aromatic heterocycles. The number of nitrogens with zero attached hydrogens (tertiary/aromatic N) is 9. The minimum absolute atomic E-state index is 0.186. The lowest BCUT2D eigenvalue weighted by Gasteiger charge is -2.38. The Morgan fingerprint density at radius 2 is 1.81 bits per heavy atom. The number of oxazole rings is 2. The highest BCUT2D eigenvalue weighted by Gasteiger charge is 2.32. The molecule has 216 valence electrons. The molecule has 2 aromatic carbocycles. The summed E-state index contributed by atoms with van der Waals surface area (Å²) in [6, 6.07) is 16.6. The quantitative estimate of drug-likeness (QED) is 0.309. The van der Waals surface area contributed by atoms with Gasteiger partial charge in [0.25, 0.3) is 5.91 Å². The summed E-state index contributed by atoms with van der Waals surface area (Å²) in [4.78, 5) is 44.0. The van der Waals surface area contributed by atoms with Crippen molar-refractivity contribution in [2.75, 3.05) is 31.5 Å². The van der Waals surface area contributed by atoms with E-state index in [1.165, 1.54) is 18.1 Å². The van der Waals surface area contributed by atoms with Crippen LogP contribution in [0.15, 0.2) is 69.8 Å². The molecule has 0 radical (unpaired) electrons. The van der Waals surface area contributed by atoms with Gasteiger partial charge in [0, 0.05) is 38.8 Å². The number of hydrogen-bond donors (Lipinski definition) is 1. The summed E-state index contributed by atoms with van der Waals surface area (Å²) in [5.74, 6) is 0.438. The van der Waals surface area contributed by atoms with E-state index in [9.17, 15) is 9.59 Å². The normalized spacial score (nSPS) is 14.8. The number of hydrogen-bond acceptors (Lipinski definition) is 11. The zero-order valence-corrected chi connectivity index (χ0v) is 23.3. The standard InChI is InChI=1S/C29H26N10O4/c1-17(40)31-19-8-9-23-21(14-19)33-28(43-23)20-15-22(32-27-25(20)42-16-30-27)29(41)39-12-10-38(11-13-39)24(18-6-4-3-5-7-18)26-34-36-37(2)35-26/h3-9,14-16,24H,10-13H2,1-2H3,(H,31,40). The minimum atomic E-state index is -0.233. The van der Waals surface area contributed by atoms with Crippen molar-refractivity contribution in [3.8, 4) is 11.5 Å². The maximum absolute atomic E-state index is 13.7. The van der Waals surface area contributed by atoms with Crippen LogP contribution in [0.25, 0.3) is 33.8 Å². The van der Waals surface area contributed by atoms with Gasteiger partial charge < -0.3 is 19.1 Å². The molecular formula is C29H26N10O4. The van der Waals surface area contributed by atoms with E-state index in [1.54, 1.807) is 36.2 Å². The number of piperazine rings is 1. The molecule has 1 unspecified atom stereocenters. The largest absolute Gasteiger partial charge is 0.441 e. The molecule has 1 aliphatic rings. The average molecular weight is 579 g/mol. The van der Waals surface area contributed by atoms with Gasteiger partial charge in [0.15, 0.2) is 29.0 Å². The molecule has 0 saturated carbocycles. The van der Waals surface area contributed by atoms with Gasteiger partial charge in [0.1, 0.15) is 11.2 Å². The molecular weight excluding hydrogens is 552 g/mol. The molecule has 7 rings (SSSR count). The van der Waals surface area contributed by atoms with Gasteiger partial charge in [-0.05, 0) is 35.0 Å². The number of aryl methyl sites for hydroxylation is 1. The van der Waals surface area contributed by atoms with Crippen molar-refractivity contribution in [3.05, 3.63) is 78.1 Å². The second-order valence-electron chi connectivity index (χ2n) is 10.2. The molecule has 0 spiro atoms. The van der Waals surface area contributed by atoms with E-state index >= 15 is 0 Å². The molecule has 1 saturated heterocycles. The fourth-order valence-corrected chi connectivity index (χ4v) is 5.36. The first-order chi connectivity index (χ1) is 20.9. The molecule has 14 heteroatoms. The molecule has 1 N–H and O–H groups in total. The van der Waals surface area contributed by atoms with Gasteiger partial charge in [0.05, 0.1) is 18.7 Å². The molecule has 1 atom stereocenters. The molecule has 0 bridgehead atoms. The summed E-state index contributed by atoms with van der Waals surface area (Å²) in [6.07, 6.45) is 1.27. The molecule has 6 aromatic rings. The number of tetrazole rings is 1. The molecule has 14 nitrogen and oxygen atoms in total. The third-order valence-corrected chi connectivity index (χ3v) is 7.31. The van der Waals surface area contributed by atoms with E-state index in [4.69, 9.17) is 8.83 Å². The predicted octanol–water partition coefficient (Wildman–Crippen LogP) is 3.06. The topological polar surface area (TPSA) is 161 Å². The van der Waals surface area contributed by atoms with Gasteiger partial charge in [0.2, 0.25) is 11.8 Å². The van der Waals surface area contributed by atoms with Crippen LogP contribution in [0.1, 0.15) is 34.8 Å². The Hall–Kier alpha value is -5.50. The van der Waals surface area contributed by atoms with E-state index in [0.29, 0.717) is 59.9 Å². The number of anilines is 1. The molecule has 0 aliphatic carbocycles. The number of pyridine rings is 1. The highest BCUT2D eigenvalue weighted by molar-refractivity contribution is 5.98. The second kappa shape index (κ2) is 10.7. The molecule has 1 aliphatic heterocycles. The number of aromatic nitrogens is 7. The first-order valence-electron chi connectivity index (χ1n) is 13.7. The third-order valence-electron chi connectivity index (χ3n) is 7.31. The van der Waals surface area contributed by atoms with Gasteiger partial charge >= 0.3 is 0 Å². The van der Waals surface area contributed by atoms with Crippen molar-refractivity contribution in [1.29, 1.82) is 0 Å². The number of amides is 2. The monoisotopic (exact) mass is 578 g/mol. The lowest BCUT2D eigenvalue weighted by atomic mass is 10.0. The van der Waals surface area contributed by atoms with Crippen LogP contribution in [0.3, 0.4) is 0 Å². The van der Waals surface area contributed by atoms with Crippen LogP contribution in [0.5, 0.6) is 0 Å². The van der Waals surface area contributed by atoms with Crippen molar-refractivity contribution >= 4 is 39.8 Å². The number of carbonyl (C=O) groups is 2. The Balaban J connectivity index is 1.15. The summed E-state index contributed by atoms with van der Waals surface area (Å²) >= 11 is 0. The number of benzene rings is 2. The summed E-state index contributed by atoms with van der Waals surface area (Å²) < 4.78 is 11.6. The van der Waals surface area contributed by atoms with Gasteiger partial charge in [-0.15, -0.1) is 10.2 Å². The molecule has 5 heterocycles. The predicted molar refractivity (Wildman–Crippen MR) is 154 cm³/mol. The van der Waals surface area contributed by atoms with Crippen LogP contribution < -0.4 is 5.32 Å². The van der Waals surface area contributed by atoms with Crippen LogP contribution in [0.2, 0.25) is 0 Å². The molecule has 2 amide bonds. The van der Waals surface area contributed by atoms with Crippen LogP contribution in [-0.4, -0.2) is 83.0 Å². The van der Waals surface area contributed by atoms with Crippen LogP contribution in [-0.2, 0) is 11.8 Å². The van der Waals surface area contributed by atoms with E-state index < -0.39 is 0 Å². The second-order valence-corrected chi connectivity index (χ2v) is 10.2. The summed E-state index contributed by atoms with van der Waals surface area (Å²) in [5, 5.41) is 15.5. The fraction of sp³-hybridized carbons (Fsp3) is 0.241. The number of nitrogens with one attached hydrogen (secondary N) is 1. The van der Waals surface area contributed by atoms with Gasteiger partial charge in [-0.25, -0.2) is 9.97 Å². The smallest absolute Gasteiger partial charge is 0.272 e. The third kappa shape index (κ3) is 5.08. The van der Waals surface area contributed by atoms with Crippen LogP contribution in [0.4, 0.5) is 5.69 Å². The maximum atomic E-state index is 13.7. The van der Waals surface area contributed by atoms with Crippen molar-refractivity contribution in [3.63, 3.8) is 0 Å². The average Bonchev–Trinajstić information content (AvgIpc) is 3.77. The van der Waals surface area contributed by atoms with E-state index in [2.05, 4.69) is 40.6 Å². The van der Waals surface area contributed by atoms with E-state index in [0.717, 1.165) is 5.56 Å². The number of fused-ring (bicyclic) bond motifs is 2. The molecule has 43 heavy (non-hydrogen) atoms. The van der Waals surface area contributed by atoms with Gasteiger partial charge in [-0.3, -0.25) is 14.5 Å². The zero-order valence-electron chi connectivity index (χ0n) is 23.3. The lowest BCUT2D eigenvalue weighted by Crippen LogP contribution is -2.50. The van der Waals surface area contributed by atoms with E-state index in [-0.39, 0.29) is 35.1 Å². The van der Waals surface area contributed by atoms with Gasteiger partial charge in [-0.1, -0.05) is 30.3 Å². The Morgan fingerprint density at radius 3 is 2.56 bits per heavy atom. The van der Waals surface area contributed by atoms with Crippen LogP contribution >= 0.6 is 0 Å². The van der Waals surface area contributed by atoms with Crippen molar-refractivity contribution < 1.29 is 18.4 Å². The maximum Gasteiger partial charge on any atom is 0.272 e. The van der Waals surface area contributed by atoms with Gasteiger partial charge in [-0.2, -0.15) is 9.78 Å². The summed E-state index contributed by atoms with van der Waals surface area (Å²) in [6.45, 7) is 3.59. The van der Waals surface area contributed by atoms with Crippen LogP contribution in [0, 0.1) is 0 Å². The Morgan fingerprint density at radius 1 is 1.00 bits per heavy atom. The van der Waals surface area contributed by atoms with E-state index in [1.807, 2.05) is 30.3 Å². The lowest BCUT2D eigenvalue weighted by molar-refractivity contribution is -0.114. The zero-order chi connectivity index (χ0) is 29.5. The first-order valence-corrected chi connectivity index (χ1v) is 13.7. The Bertz CT molecular complexity index is 1960. The highest BCUT2D eigenvalue weighted by atomic mass is 16.4. The van der Waals surface area contributed by atoms with Crippen molar-refractivity contribution in [1.82, 2.24) is 45.0 Å². The SMILES string of the molecule is CC(=O)Nc1ccc2oc(-c3cc(C(=O)N4CCN(C(c5ccccc5)c5nnn(C)n5)CC4)nc4ncoc34)nc2c1. The first kappa shape index (κ1) is 26.4. The van der Waals surface area contributed by atoms with Crippen molar-refractivity contribution in [2.45, 2.75) is 13.0 Å².